The van der Waals surface area contributed by atoms with Crippen LogP contribution in [0, 0.1) is 0 Å². The molecule has 15 heavy (non-hydrogen) atoms. The Labute approximate surface area is 97.5 Å². The van der Waals surface area contributed by atoms with Crippen molar-refractivity contribution in [2.24, 2.45) is 0 Å². The van der Waals surface area contributed by atoms with Gasteiger partial charge in [-0.3, -0.25) is 4.90 Å². The van der Waals surface area contributed by atoms with Crippen LogP contribution in [-0.2, 0) is 6.54 Å². The number of hydrogen-bond acceptors (Lipinski definition) is 3. The number of likely N-dealkylation sites (tertiary alicyclic amines) is 1. The minimum atomic E-state index is -0.604. The highest BCUT2D eigenvalue weighted by Crippen LogP contribution is 2.20. The highest BCUT2D eigenvalue weighted by molar-refractivity contribution is 9.10. The Morgan fingerprint density at radius 3 is 2.40 bits per heavy atom. The van der Waals surface area contributed by atoms with Crippen molar-refractivity contribution in [3.63, 3.8) is 0 Å². The van der Waals surface area contributed by atoms with Gasteiger partial charge < -0.3 is 10.2 Å². The number of β-amino-alcohol motifs (C(OH)–C–C–N with tert-alkyl or cyclic N) is 2. The molecule has 1 saturated heterocycles. The highest BCUT2D eigenvalue weighted by atomic mass is 79.9. The molecule has 0 aromatic heterocycles. The van der Waals surface area contributed by atoms with Gasteiger partial charge >= 0.3 is 0 Å². The predicted molar refractivity (Wildman–Crippen MR) is 61.4 cm³/mol. The zero-order valence-electron chi connectivity index (χ0n) is 8.31. The van der Waals surface area contributed by atoms with Gasteiger partial charge in [-0.2, -0.15) is 0 Å². The molecule has 4 heteroatoms. The Balaban J connectivity index is 2.01. The lowest BCUT2D eigenvalue weighted by atomic mass is 10.2. The molecule has 82 valence electrons. The molecule has 0 saturated carbocycles. The monoisotopic (exact) mass is 271 g/mol. The van der Waals surface area contributed by atoms with Crippen molar-refractivity contribution in [2.75, 3.05) is 13.1 Å². The smallest absolute Gasteiger partial charge is 0.0938 e. The van der Waals surface area contributed by atoms with Crippen LogP contribution in [0.5, 0.6) is 0 Å². The van der Waals surface area contributed by atoms with Crippen LogP contribution in [-0.4, -0.2) is 40.4 Å². The molecule has 0 aliphatic carbocycles. The van der Waals surface area contributed by atoms with E-state index in [-0.39, 0.29) is 0 Å². The average Bonchev–Trinajstić information content (AvgIpc) is 2.50. The average molecular weight is 272 g/mol. The predicted octanol–water partition coefficient (Wildman–Crippen LogP) is 0.986. The molecular weight excluding hydrogens is 258 g/mol. The Bertz CT molecular complexity index is 335. The summed E-state index contributed by atoms with van der Waals surface area (Å²) < 4.78 is 1.07. The van der Waals surface area contributed by atoms with Crippen molar-refractivity contribution >= 4 is 15.9 Å². The van der Waals surface area contributed by atoms with Crippen molar-refractivity contribution in [3.05, 3.63) is 34.3 Å². The zero-order valence-corrected chi connectivity index (χ0v) is 9.89. The lowest BCUT2D eigenvalue weighted by Crippen LogP contribution is -2.22. The van der Waals surface area contributed by atoms with Gasteiger partial charge in [-0.25, -0.2) is 0 Å². The Morgan fingerprint density at radius 1 is 1.20 bits per heavy atom. The van der Waals surface area contributed by atoms with E-state index in [9.17, 15) is 10.2 Å². The van der Waals surface area contributed by atoms with Gasteiger partial charge in [-0.15, -0.1) is 0 Å². The summed E-state index contributed by atoms with van der Waals surface area (Å²) >= 11 is 3.48. The molecule has 1 aromatic carbocycles. The summed E-state index contributed by atoms with van der Waals surface area (Å²) in [6.45, 7) is 1.85. The lowest BCUT2D eigenvalue weighted by molar-refractivity contribution is 0.0572. The summed E-state index contributed by atoms with van der Waals surface area (Å²) in [5.41, 5.74) is 1.18. The molecule has 1 aliphatic rings. The van der Waals surface area contributed by atoms with Crippen molar-refractivity contribution < 1.29 is 10.2 Å². The Morgan fingerprint density at radius 2 is 1.80 bits per heavy atom. The number of aliphatic hydroxyl groups is 2. The molecule has 0 spiro atoms. The van der Waals surface area contributed by atoms with Gasteiger partial charge in [-0.05, 0) is 11.6 Å². The minimum Gasteiger partial charge on any atom is -0.389 e. The number of hydrogen-bond donors (Lipinski definition) is 2. The standard InChI is InChI=1S/C11H14BrNO2/c12-9-4-2-1-3-8(9)5-13-6-10(14)11(15)7-13/h1-4,10-11,14-15H,5-7H2/t10-,11-/m0/s1. The maximum atomic E-state index is 9.41. The molecule has 2 atom stereocenters. The van der Waals surface area contributed by atoms with Crippen LogP contribution in [0.2, 0.25) is 0 Å². The van der Waals surface area contributed by atoms with Crippen LogP contribution in [0.1, 0.15) is 5.56 Å². The van der Waals surface area contributed by atoms with E-state index >= 15 is 0 Å². The molecule has 0 unspecified atom stereocenters. The lowest BCUT2D eigenvalue weighted by Gasteiger charge is -2.15. The van der Waals surface area contributed by atoms with Gasteiger partial charge in [0, 0.05) is 24.1 Å². The van der Waals surface area contributed by atoms with E-state index in [1.54, 1.807) is 0 Å². The first-order valence-electron chi connectivity index (χ1n) is 4.98. The summed E-state index contributed by atoms with van der Waals surface area (Å²) in [5.74, 6) is 0. The van der Waals surface area contributed by atoms with Gasteiger partial charge in [0.05, 0.1) is 12.2 Å². The Hall–Kier alpha value is -0.420. The largest absolute Gasteiger partial charge is 0.389 e. The number of aliphatic hydroxyl groups excluding tert-OH is 2. The van der Waals surface area contributed by atoms with Crippen LogP contribution >= 0.6 is 15.9 Å². The van der Waals surface area contributed by atoms with Gasteiger partial charge in [-0.1, -0.05) is 34.1 Å². The van der Waals surface area contributed by atoms with E-state index in [1.165, 1.54) is 5.56 Å². The summed E-state index contributed by atoms with van der Waals surface area (Å²) in [4.78, 5) is 2.05. The summed E-state index contributed by atoms with van der Waals surface area (Å²) in [7, 11) is 0. The maximum Gasteiger partial charge on any atom is 0.0938 e. The van der Waals surface area contributed by atoms with Crippen LogP contribution in [0.4, 0.5) is 0 Å². The quantitative estimate of drug-likeness (QED) is 0.843. The minimum absolute atomic E-state index is 0.544. The van der Waals surface area contributed by atoms with Crippen LogP contribution in [0.25, 0.3) is 0 Å². The molecule has 0 radical (unpaired) electrons. The van der Waals surface area contributed by atoms with Gasteiger partial charge in [0.25, 0.3) is 0 Å². The topological polar surface area (TPSA) is 43.7 Å². The molecule has 2 rings (SSSR count). The van der Waals surface area contributed by atoms with Crippen molar-refractivity contribution in [3.8, 4) is 0 Å². The summed E-state index contributed by atoms with van der Waals surface area (Å²) in [6.07, 6.45) is -1.21. The number of nitrogens with zero attached hydrogens (tertiary/aromatic N) is 1. The summed E-state index contributed by atoms with van der Waals surface area (Å²) in [5, 5.41) is 18.8. The third-order valence-corrected chi connectivity index (χ3v) is 3.46. The van der Waals surface area contributed by atoms with E-state index in [2.05, 4.69) is 20.8 Å². The van der Waals surface area contributed by atoms with E-state index in [0.29, 0.717) is 13.1 Å². The first-order valence-corrected chi connectivity index (χ1v) is 5.78. The molecule has 1 fully saturated rings. The first-order chi connectivity index (χ1) is 7.16. The molecule has 0 bridgehead atoms. The maximum absolute atomic E-state index is 9.41. The fourth-order valence-electron chi connectivity index (χ4n) is 1.84. The molecule has 1 heterocycles. The molecule has 1 aromatic rings. The van der Waals surface area contributed by atoms with Crippen LogP contribution in [0.15, 0.2) is 28.7 Å². The second-order valence-electron chi connectivity index (χ2n) is 3.92. The molecule has 1 aliphatic heterocycles. The van der Waals surface area contributed by atoms with Crippen molar-refractivity contribution in [1.82, 2.24) is 4.90 Å². The molecule has 0 amide bonds. The number of halogens is 1. The summed E-state index contributed by atoms with van der Waals surface area (Å²) in [6, 6.07) is 8.00. The van der Waals surface area contributed by atoms with Crippen LogP contribution in [0.3, 0.4) is 0 Å². The van der Waals surface area contributed by atoms with Crippen LogP contribution < -0.4 is 0 Å². The van der Waals surface area contributed by atoms with E-state index < -0.39 is 12.2 Å². The van der Waals surface area contributed by atoms with E-state index in [4.69, 9.17) is 0 Å². The van der Waals surface area contributed by atoms with Gasteiger partial charge in [0.2, 0.25) is 0 Å². The number of benzene rings is 1. The second-order valence-corrected chi connectivity index (χ2v) is 4.77. The third-order valence-electron chi connectivity index (χ3n) is 2.69. The van der Waals surface area contributed by atoms with Crippen molar-refractivity contribution in [2.45, 2.75) is 18.8 Å². The third kappa shape index (κ3) is 2.58. The number of rotatable bonds is 2. The van der Waals surface area contributed by atoms with E-state index in [1.807, 2.05) is 24.3 Å². The molecule has 3 nitrogen and oxygen atoms in total. The SMILES string of the molecule is O[C@H]1CN(Cc2ccccc2Br)C[C@@H]1O. The fourth-order valence-corrected chi connectivity index (χ4v) is 2.25. The highest BCUT2D eigenvalue weighted by Gasteiger charge is 2.29. The van der Waals surface area contributed by atoms with Gasteiger partial charge in [0.15, 0.2) is 0 Å². The normalized spacial score (nSPS) is 27.1. The van der Waals surface area contributed by atoms with Crippen molar-refractivity contribution in [1.29, 1.82) is 0 Å². The Kier molecular flexibility index (Phi) is 3.41. The van der Waals surface area contributed by atoms with Gasteiger partial charge in [0.1, 0.15) is 0 Å². The first kappa shape index (κ1) is 11.1. The van der Waals surface area contributed by atoms with E-state index in [0.717, 1.165) is 11.0 Å². The fraction of sp³-hybridized carbons (Fsp3) is 0.455. The second kappa shape index (κ2) is 4.61. The molecule has 2 N–H and O–H groups in total. The molecular formula is C11H14BrNO2. The zero-order chi connectivity index (χ0) is 10.8.